The third kappa shape index (κ3) is 3.25. The molecule has 1 aliphatic heterocycles. The van der Waals surface area contributed by atoms with Crippen molar-refractivity contribution in [1.29, 1.82) is 0 Å². The van der Waals surface area contributed by atoms with Crippen LogP contribution in [0.3, 0.4) is 0 Å². The van der Waals surface area contributed by atoms with Gasteiger partial charge in [-0.25, -0.2) is 9.78 Å². The Bertz CT molecular complexity index is 976. The minimum atomic E-state index is -0.426. The topological polar surface area (TPSA) is 81.4 Å². The van der Waals surface area contributed by atoms with Crippen molar-refractivity contribution in [3.8, 4) is 10.8 Å². The van der Waals surface area contributed by atoms with Gasteiger partial charge in [0.1, 0.15) is 18.1 Å². The molecule has 3 heterocycles. The Hall–Kier alpha value is -2.93. The van der Waals surface area contributed by atoms with Crippen molar-refractivity contribution in [2.75, 3.05) is 5.32 Å². The van der Waals surface area contributed by atoms with E-state index in [0.29, 0.717) is 35.7 Å². The highest BCUT2D eigenvalue weighted by Crippen LogP contribution is 2.27. The molecule has 4 rings (SSSR count). The van der Waals surface area contributed by atoms with E-state index in [1.807, 2.05) is 17.5 Å². The summed E-state index contributed by atoms with van der Waals surface area (Å²) in [5.74, 6) is 0.739. The number of thiophene rings is 1. The number of hydrogen-bond acceptors (Lipinski definition) is 6. The molecule has 132 valence electrons. The maximum Gasteiger partial charge on any atom is 0.338 e. The number of hydrogen-bond donors (Lipinski definition) is 1. The van der Waals surface area contributed by atoms with Crippen LogP contribution in [0, 0.1) is 6.92 Å². The van der Waals surface area contributed by atoms with Gasteiger partial charge < -0.3 is 14.5 Å². The van der Waals surface area contributed by atoms with Gasteiger partial charge >= 0.3 is 5.97 Å². The maximum absolute atomic E-state index is 12.3. The molecule has 6 nitrogen and oxygen atoms in total. The Morgan fingerprint density at radius 3 is 3.04 bits per heavy atom. The summed E-state index contributed by atoms with van der Waals surface area (Å²) < 4.78 is 11.0. The monoisotopic (exact) mass is 368 g/mol. The van der Waals surface area contributed by atoms with Gasteiger partial charge in [0, 0.05) is 12.1 Å². The zero-order valence-corrected chi connectivity index (χ0v) is 14.9. The van der Waals surface area contributed by atoms with E-state index in [1.54, 1.807) is 25.1 Å². The molecule has 0 bridgehead atoms. The summed E-state index contributed by atoms with van der Waals surface area (Å²) in [4.78, 5) is 29.1. The Kier molecular flexibility index (Phi) is 4.30. The molecule has 0 aliphatic carbocycles. The standard InChI is InChI=1S/C19H16N2O4S/c1-11-15(21-18(25-11)16-3-2-8-26-16)10-24-19(23)13-4-6-14-12(9-13)5-7-17(22)20-14/h2-4,6,8-9H,5,7,10H2,1H3,(H,20,22). The summed E-state index contributed by atoms with van der Waals surface area (Å²) in [6.07, 6.45) is 1.05. The lowest BCUT2D eigenvalue weighted by Gasteiger charge is -2.17. The average Bonchev–Trinajstić information content (AvgIpc) is 3.29. The van der Waals surface area contributed by atoms with Crippen molar-refractivity contribution in [2.24, 2.45) is 0 Å². The fourth-order valence-corrected chi connectivity index (χ4v) is 3.44. The Balaban J connectivity index is 1.45. The Morgan fingerprint density at radius 1 is 1.35 bits per heavy atom. The van der Waals surface area contributed by atoms with Gasteiger partial charge in [0.25, 0.3) is 0 Å². The van der Waals surface area contributed by atoms with E-state index < -0.39 is 5.97 Å². The van der Waals surface area contributed by atoms with Crippen LogP contribution in [0.2, 0.25) is 0 Å². The molecular weight excluding hydrogens is 352 g/mol. The summed E-state index contributed by atoms with van der Waals surface area (Å²) in [6.45, 7) is 1.85. The lowest BCUT2D eigenvalue weighted by molar-refractivity contribution is -0.116. The largest absolute Gasteiger partial charge is 0.455 e. The smallest absolute Gasteiger partial charge is 0.338 e. The second kappa shape index (κ2) is 6.76. The predicted octanol–water partition coefficient (Wildman–Crippen LogP) is 3.95. The van der Waals surface area contributed by atoms with E-state index in [4.69, 9.17) is 9.15 Å². The summed E-state index contributed by atoms with van der Waals surface area (Å²) in [6, 6.07) is 9.01. The van der Waals surface area contributed by atoms with Crippen LogP contribution in [0.15, 0.2) is 40.1 Å². The van der Waals surface area contributed by atoms with Gasteiger partial charge in [-0.15, -0.1) is 11.3 Å². The molecule has 1 aromatic carbocycles. The fourth-order valence-electron chi connectivity index (χ4n) is 2.80. The third-order valence-electron chi connectivity index (χ3n) is 4.20. The molecule has 0 radical (unpaired) electrons. The zero-order chi connectivity index (χ0) is 18.1. The molecule has 1 N–H and O–H groups in total. The first-order chi connectivity index (χ1) is 12.6. The van der Waals surface area contributed by atoms with Crippen molar-refractivity contribution >= 4 is 28.9 Å². The molecule has 0 saturated carbocycles. The number of benzene rings is 1. The SMILES string of the molecule is Cc1oc(-c2cccs2)nc1COC(=O)c1ccc2c(c1)CCC(=O)N2. The zero-order valence-electron chi connectivity index (χ0n) is 14.1. The fraction of sp³-hybridized carbons (Fsp3) is 0.211. The van der Waals surface area contributed by atoms with E-state index >= 15 is 0 Å². The molecule has 0 spiro atoms. The van der Waals surface area contributed by atoms with Gasteiger partial charge in [0.15, 0.2) is 0 Å². The molecule has 7 heteroatoms. The normalized spacial score (nSPS) is 13.2. The second-order valence-corrected chi connectivity index (χ2v) is 6.94. The first-order valence-electron chi connectivity index (χ1n) is 8.20. The lowest BCUT2D eigenvalue weighted by Crippen LogP contribution is -2.19. The number of aromatic nitrogens is 1. The number of nitrogens with zero attached hydrogens (tertiary/aromatic N) is 1. The molecule has 0 atom stereocenters. The van der Waals surface area contributed by atoms with Crippen molar-refractivity contribution < 1.29 is 18.7 Å². The number of ether oxygens (including phenoxy) is 1. The number of anilines is 1. The minimum Gasteiger partial charge on any atom is -0.455 e. The van der Waals surface area contributed by atoms with Crippen LogP contribution in [0.4, 0.5) is 5.69 Å². The first kappa shape index (κ1) is 16.5. The number of amides is 1. The quantitative estimate of drug-likeness (QED) is 0.705. The molecule has 0 unspecified atom stereocenters. The van der Waals surface area contributed by atoms with Crippen LogP contribution in [-0.4, -0.2) is 16.9 Å². The molecule has 1 aliphatic rings. The van der Waals surface area contributed by atoms with Crippen molar-refractivity contribution in [3.05, 3.63) is 58.3 Å². The van der Waals surface area contributed by atoms with Crippen LogP contribution < -0.4 is 5.32 Å². The molecule has 1 amide bonds. The number of oxazole rings is 1. The van der Waals surface area contributed by atoms with Gasteiger partial charge in [0.2, 0.25) is 11.8 Å². The number of carbonyl (C=O) groups excluding carboxylic acids is 2. The highest BCUT2D eigenvalue weighted by atomic mass is 32.1. The van der Waals surface area contributed by atoms with E-state index in [2.05, 4.69) is 10.3 Å². The highest BCUT2D eigenvalue weighted by Gasteiger charge is 2.18. The number of nitrogens with one attached hydrogen (secondary N) is 1. The molecule has 0 fully saturated rings. The van der Waals surface area contributed by atoms with Crippen molar-refractivity contribution in [2.45, 2.75) is 26.4 Å². The van der Waals surface area contributed by atoms with E-state index in [9.17, 15) is 9.59 Å². The second-order valence-electron chi connectivity index (χ2n) is 6.00. The van der Waals surface area contributed by atoms with Crippen molar-refractivity contribution in [1.82, 2.24) is 4.98 Å². The predicted molar refractivity (Wildman–Crippen MR) is 97.1 cm³/mol. The Labute approximate surface area is 153 Å². The van der Waals surface area contributed by atoms with Gasteiger partial charge in [-0.1, -0.05) is 6.07 Å². The van der Waals surface area contributed by atoms with Crippen LogP contribution in [-0.2, 0) is 22.6 Å². The lowest BCUT2D eigenvalue weighted by atomic mass is 10.0. The number of aryl methyl sites for hydroxylation is 2. The summed E-state index contributed by atoms with van der Waals surface area (Å²) in [7, 11) is 0. The molecule has 2 aromatic heterocycles. The van der Waals surface area contributed by atoms with Crippen molar-refractivity contribution in [3.63, 3.8) is 0 Å². The number of esters is 1. The van der Waals surface area contributed by atoms with Gasteiger partial charge in [-0.2, -0.15) is 0 Å². The van der Waals surface area contributed by atoms with E-state index in [-0.39, 0.29) is 12.5 Å². The number of fused-ring (bicyclic) bond motifs is 1. The summed E-state index contributed by atoms with van der Waals surface area (Å²) >= 11 is 1.54. The average molecular weight is 368 g/mol. The maximum atomic E-state index is 12.3. The molecular formula is C19H16N2O4S. The summed E-state index contributed by atoms with van der Waals surface area (Å²) in [5.41, 5.74) is 2.76. The van der Waals surface area contributed by atoms with E-state index in [0.717, 1.165) is 16.1 Å². The van der Waals surface area contributed by atoms with Crippen LogP contribution in [0.1, 0.15) is 33.8 Å². The van der Waals surface area contributed by atoms with E-state index in [1.165, 1.54) is 11.3 Å². The Morgan fingerprint density at radius 2 is 2.23 bits per heavy atom. The minimum absolute atomic E-state index is 0.00382. The third-order valence-corrected chi connectivity index (χ3v) is 5.06. The molecule has 26 heavy (non-hydrogen) atoms. The first-order valence-corrected chi connectivity index (χ1v) is 9.08. The number of carbonyl (C=O) groups is 2. The van der Waals surface area contributed by atoms with Crippen LogP contribution in [0.25, 0.3) is 10.8 Å². The van der Waals surface area contributed by atoms with Crippen LogP contribution in [0.5, 0.6) is 0 Å². The van der Waals surface area contributed by atoms with Gasteiger partial charge in [-0.3, -0.25) is 4.79 Å². The number of rotatable bonds is 4. The van der Waals surface area contributed by atoms with Gasteiger partial charge in [-0.05, 0) is 48.6 Å². The summed E-state index contributed by atoms with van der Waals surface area (Å²) in [5, 5.41) is 4.75. The molecule has 0 saturated heterocycles. The van der Waals surface area contributed by atoms with Crippen LogP contribution >= 0.6 is 11.3 Å². The molecule has 3 aromatic rings. The van der Waals surface area contributed by atoms with Gasteiger partial charge in [0.05, 0.1) is 10.4 Å². The highest BCUT2D eigenvalue weighted by molar-refractivity contribution is 7.13.